The summed E-state index contributed by atoms with van der Waals surface area (Å²) < 4.78 is 1.08. The summed E-state index contributed by atoms with van der Waals surface area (Å²) in [5.41, 5.74) is 2.18. The number of benzene rings is 1. The third-order valence-electron chi connectivity index (χ3n) is 1.96. The molecule has 0 N–H and O–H groups in total. The van der Waals surface area contributed by atoms with Gasteiger partial charge in [0.15, 0.2) is 0 Å². The normalized spacial score (nSPS) is 10.1. The van der Waals surface area contributed by atoms with E-state index in [1.165, 1.54) is 0 Å². The van der Waals surface area contributed by atoms with Crippen LogP contribution in [0.4, 0.5) is 0 Å². The molecule has 1 heterocycles. The lowest BCUT2D eigenvalue weighted by molar-refractivity contribution is 1.06. The molecule has 0 bridgehead atoms. The number of rotatable bonds is 1. The van der Waals surface area contributed by atoms with Crippen LogP contribution in [0.1, 0.15) is 5.82 Å². The Hall–Kier alpha value is -1.22. The van der Waals surface area contributed by atoms with Crippen molar-refractivity contribution in [1.29, 1.82) is 0 Å². The molecule has 2 aromatic rings. The van der Waals surface area contributed by atoms with Crippen molar-refractivity contribution in [1.82, 2.24) is 9.97 Å². The molecule has 0 aliphatic carbocycles. The molecule has 14 heavy (non-hydrogen) atoms. The van der Waals surface area contributed by atoms with Crippen LogP contribution in [-0.4, -0.2) is 9.97 Å². The van der Waals surface area contributed by atoms with Crippen molar-refractivity contribution in [3.63, 3.8) is 0 Å². The summed E-state index contributed by atoms with van der Waals surface area (Å²) in [5.74, 6) is 0.797. The average molecular weight is 249 g/mol. The van der Waals surface area contributed by atoms with Crippen LogP contribution < -0.4 is 0 Å². The van der Waals surface area contributed by atoms with E-state index in [4.69, 9.17) is 0 Å². The van der Waals surface area contributed by atoms with E-state index in [1.54, 1.807) is 0 Å². The van der Waals surface area contributed by atoms with E-state index in [2.05, 4.69) is 25.9 Å². The predicted octanol–water partition coefficient (Wildman–Crippen LogP) is 3.21. The molecule has 2 rings (SSSR count). The summed E-state index contributed by atoms with van der Waals surface area (Å²) in [5, 5.41) is 0. The molecule has 70 valence electrons. The molecule has 0 fully saturated rings. The fourth-order valence-corrected chi connectivity index (χ4v) is 1.45. The third-order valence-corrected chi connectivity index (χ3v) is 2.49. The Morgan fingerprint density at radius 3 is 2.07 bits per heavy atom. The van der Waals surface area contributed by atoms with Crippen molar-refractivity contribution in [3.8, 4) is 11.1 Å². The van der Waals surface area contributed by atoms with Gasteiger partial charge in [0, 0.05) is 22.4 Å². The van der Waals surface area contributed by atoms with Gasteiger partial charge in [0.1, 0.15) is 5.82 Å². The SMILES string of the molecule is Cc1ncc(-c2ccc(Br)cc2)cn1. The molecular weight excluding hydrogens is 240 g/mol. The zero-order valence-electron chi connectivity index (χ0n) is 7.74. The number of halogens is 1. The number of aromatic nitrogens is 2. The van der Waals surface area contributed by atoms with Crippen molar-refractivity contribution in [2.24, 2.45) is 0 Å². The third kappa shape index (κ3) is 1.99. The number of hydrogen-bond acceptors (Lipinski definition) is 2. The van der Waals surface area contributed by atoms with Gasteiger partial charge in [-0.25, -0.2) is 9.97 Å². The van der Waals surface area contributed by atoms with Crippen LogP contribution in [-0.2, 0) is 0 Å². The summed E-state index contributed by atoms with van der Waals surface area (Å²) in [6, 6.07) is 8.10. The van der Waals surface area contributed by atoms with Gasteiger partial charge in [0.05, 0.1) is 0 Å². The molecule has 0 aliphatic heterocycles. The minimum Gasteiger partial charge on any atom is -0.241 e. The highest BCUT2D eigenvalue weighted by Crippen LogP contribution is 2.19. The number of aryl methyl sites for hydroxylation is 1. The van der Waals surface area contributed by atoms with Crippen molar-refractivity contribution < 1.29 is 0 Å². The highest BCUT2D eigenvalue weighted by atomic mass is 79.9. The number of hydrogen-bond donors (Lipinski definition) is 0. The lowest BCUT2D eigenvalue weighted by Gasteiger charge is -2.00. The van der Waals surface area contributed by atoms with Gasteiger partial charge in [-0.3, -0.25) is 0 Å². The van der Waals surface area contributed by atoms with Gasteiger partial charge in [-0.05, 0) is 24.6 Å². The van der Waals surface area contributed by atoms with Crippen molar-refractivity contribution in [2.75, 3.05) is 0 Å². The number of nitrogens with zero attached hydrogens (tertiary/aromatic N) is 2. The standard InChI is InChI=1S/C11H9BrN2/c1-8-13-6-10(7-14-8)9-2-4-11(12)5-3-9/h2-7H,1H3. The smallest absolute Gasteiger partial charge is 0.125 e. The Bertz CT molecular complexity index is 377. The first-order valence-electron chi connectivity index (χ1n) is 4.30. The molecule has 0 saturated carbocycles. The Kier molecular flexibility index (Phi) is 2.59. The second-order valence-electron chi connectivity index (χ2n) is 3.03. The Labute approximate surface area is 91.2 Å². The monoisotopic (exact) mass is 248 g/mol. The van der Waals surface area contributed by atoms with E-state index in [-0.39, 0.29) is 0 Å². The zero-order valence-corrected chi connectivity index (χ0v) is 9.32. The zero-order chi connectivity index (χ0) is 9.97. The van der Waals surface area contributed by atoms with Gasteiger partial charge < -0.3 is 0 Å². The molecule has 2 nitrogen and oxygen atoms in total. The first-order chi connectivity index (χ1) is 6.75. The van der Waals surface area contributed by atoms with Gasteiger partial charge in [-0.1, -0.05) is 28.1 Å². The molecule has 0 spiro atoms. The van der Waals surface area contributed by atoms with Crippen LogP contribution in [0.5, 0.6) is 0 Å². The summed E-state index contributed by atoms with van der Waals surface area (Å²) >= 11 is 3.40. The average Bonchev–Trinajstić information content (AvgIpc) is 2.21. The maximum Gasteiger partial charge on any atom is 0.125 e. The fourth-order valence-electron chi connectivity index (χ4n) is 1.18. The Morgan fingerprint density at radius 2 is 1.50 bits per heavy atom. The first kappa shape index (κ1) is 9.34. The van der Waals surface area contributed by atoms with Crippen LogP contribution in [0, 0.1) is 6.92 Å². The Balaban J connectivity index is 2.40. The van der Waals surface area contributed by atoms with Gasteiger partial charge in [0.2, 0.25) is 0 Å². The molecule has 0 unspecified atom stereocenters. The molecule has 0 atom stereocenters. The molecule has 1 aromatic heterocycles. The van der Waals surface area contributed by atoms with Gasteiger partial charge in [-0.2, -0.15) is 0 Å². The molecule has 1 aromatic carbocycles. The van der Waals surface area contributed by atoms with E-state index >= 15 is 0 Å². The van der Waals surface area contributed by atoms with Gasteiger partial charge in [-0.15, -0.1) is 0 Å². The summed E-state index contributed by atoms with van der Waals surface area (Å²) in [6.45, 7) is 1.88. The molecule has 0 amide bonds. The van der Waals surface area contributed by atoms with Gasteiger partial charge >= 0.3 is 0 Å². The molecule has 3 heteroatoms. The largest absolute Gasteiger partial charge is 0.241 e. The molecule has 0 radical (unpaired) electrons. The highest BCUT2D eigenvalue weighted by molar-refractivity contribution is 9.10. The fraction of sp³-hybridized carbons (Fsp3) is 0.0909. The van der Waals surface area contributed by atoms with E-state index in [9.17, 15) is 0 Å². The van der Waals surface area contributed by atoms with Crippen molar-refractivity contribution >= 4 is 15.9 Å². The first-order valence-corrected chi connectivity index (χ1v) is 5.09. The minimum absolute atomic E-state index is 0.797. The van der Waals surface area contributed by atoms with Gasteiger partial charge in [0.25, 0.3) is 0 Å². The van der Waals surface area contributed by atoms with Crippen LogP contribution in [0.25, 0.3) is 11.1 Å². The summed E-state index contributed by atoms with van der Waals surface area (Å²) in [4.78, 5) is 8.31. The topological polar surface area (TPSA) is 25.8 Å². The van der Waals surface area contributed by atoms with Crippen LogP contribution in [0.3, 0.4) is 0 Å². The van der Waals surface area contributed by atoms with E-state index < -0.39 is 0 Å². The van der Waals surface area contributed by atoms with E-state index in [0.29, 0.717) is 0 Å². The highest BCUT2D eigenvalue weighted by Gasteiger charge is 1.97. The molecule has 0 saturated heterocycles. The second kappa shape index (κ2) is 3.88. The minimum atomic E-state index is 0.797. The van der Waals surface area contributed by atoms with E-state index in [0.717, 1.165) is 21.4 Å². The van der Waals surface area contributed by atoms with Crippen LogP contribution in [0.2, 0.25) is 0 Å². The van der Waals surface area contributed by atoms with Crippen molar-refractivity contribution in [2.45, 2.75) is 6.92 Å². The maximum absolute atomic E-state index is 4.16. The van der Waals surface area contributed by atoms with Crippen molar-refractivity contribution in [3.05, 3.63) is 47.0 Å². The summed E-state index contributed by atoms with van der Waals surface area (Å²) in [7, 11) is 0. The predicted molar refractivity (Wildman–Crippen MR) is 59.9 cm³/mol. The lowest BCUT2D eigenvalue weighted by atomic mass is 10.1. The lowest BCUT2D eigenvalue weighted by Crippen LogP contribution is -1.87. The maximum atomic E-state index is 4.16. The molecule has 0 aliphatic rings. The van der Waals surface area contributed by atoms with E-state index in [1.807, 2.05) is 43.6 Å². The summed E-state index contributed by atoms with van der Waals surface area (Å²) in [6.07, 6.45) is 3.68. The molecular formula is C11H9BrN2. The quantitative estimate of drug-likeness (QED) is 0.775. The van der Waals surface area contributed by atoms with Crippen LogP contribution >= 0.6 is 15.9 Å². The second-order valence-corrected chi connectivity index (χ2v) is 3.94. The Morgan fingerprint density at radius 1 is 0.929 bits per heavy atom. The van der Waals surface area contributed by atoms with Crippen LogP contribution in [0.15, 0.2) is 41.1 Å².